The van der Waals surface area contributed by atoms with Gasteiger partial charge < -0.3 is 5.73 Å². The van der Waals surface area contributed by atoms with E-state index in [2.05, 4.69) is 37.3 Å². The lowest BCUT2D eigenvalue weighted by atomic mass is 10.0. The molecule has 0 aromatic heterocycles. The maximum atomic E-state index is 5.93. The molecule has 1 aromatic carbocycles. The Bertz CT molecular complexity index is 218. The molecule has 0 aliphatic heterocycles. The zero-order valence-corrected chi connectivity index (χ0v) is 8.37. The van der Waals surface area contributed by atoms with Gasteiger partial charge in [0.1, 0.15) is 0 Å². The molecule has 1 nitrogen and oxygen atoms in total. The van der Waals surface area contributed by atoms with E-state index in [4.69, 9.17) is 5.73 Å². The molecule has 0 spiro atoms. The first-order valence-corrected chi connectivity index (χ1v) is 5.12. The van der Waals surface area contributed by atoms with Gasteiger partial charge in [-0.2, -0.15) is 0 Å². The van der Waals surface area contributed by atoms with Gasteiger partial charge in [-0.05, 0) is 24.8 Å². The van der Waals surface area contributed by atoms with Crippen LogP contribution in [0.2, 0.25) is 0 Å². The first-order chi connectivity index (χ1) is 6.33. The van der Waals surface area contributed by atoms with Crippen LogP contribution in [0.4, 0.5) is 0 Å². The predicted molar refractivity (Wildman–Crippen MR) is 57.6 cm³/mol. The maximum absolute atomic E-state index is 5.93. The lowest BCUT2D eigenvalue weighted by Gasteiger charge is -2.09. The fourth-order valence-electron chi connectivity index (χ4n) is 1.51. The average Bonchev–Trinajstić information content (AvgIpc) is 2.17. The summed E-state index contributed by atoms with van der Waals surface area (Å²) in [6.45, 7) is 2.18. The maximum Gasteiger partial charge on any atom is 0.00418 e. The second-order valence-electron chi connectivity index (χ2n) is 3.57. The lowest BCUT2D eigenvalue weighted by Crippen LogP contribution is -2.20. The van der Waals surface area contributed by atoms with Crippen LogP contribution < -0.4 is 5.73 Å². The van der Waals surface area contributed by atoms with Crippen LogP contribution in [0.3, 0.4) is 0 Å². The number of nitrogens with two attached hydrogens (primary N) is 1. The van der Waals surface area contributed by atoms with E-state index in [1.807, 2.05) is 0 Å². The highest BCUT2D eigenvalue weighted by Gasteiger charge is 2.00. The summed E-state index contributed by atoms with van der Waals surface area (Å²) in [6, 6.07) is 10.9. The van der Waals surface area contributed by atoms with Crippen LogP contribution in [0.1, 0.15) is 31.7 Å². The molecule has 0 saturated heterocycles. The summed E-state index contributed by atoms with van der Waals surface area (Å²) < 4.78 is 0. The molecule has 1 aromatic rings. The van der Waals surface area contributed by atoms with Gasteiger partial charge in [-0.25, -0.2) is 0 Å². The van der Waals surface area contributed by atoms with Crippen molar-refractivity contribution in [1.29, 1.82) is 0 Å². The van der Waals surface area contributed by atoms with E-state index in [1.54, 1.807) is 0 Å². The third-order valence-electron chi connectivity index (χ3n) is 2.31. The first-order valence-electron chi connectivity index (χ1n) is 5.12. The van der Waals surface area contributed by atoms with Crippen LogP contribution in [0.25, 0.3) is 0 Å². The van der Waals surface area contributed by atoms with Gasteiger partial charge in [-0.15, -0.1) is 0 Å². The Morgan fingerprint density at radius 2 is 1.85 bits per heavy atom. The minimum Gasteiger partial charge on any atom is -0.328 e. The molecule has 0 heterocycles. The Labute approximate surface area is 81.0 Å². The minimum absolute atomic E-state index is 0.380. The Balaban J connectivity index is 2.27. The van der Waals surface area contributed by atoms with Gasteiger partial charge in [0.15, 0.2) is 0 Å². The fourth-order valence-corrected chi connectivity index (χ4v) is 1.51. The molecule has 0 radical (unpaired) electrons. The SMILES string of the molecule is CCC[C@H](N)CCc1ccccc1. The van der Waals surface area contributed by atoms with Gasteiger partial charge in [0.25, 0.3) is 0 Å². The van der Waals surface area contributed by atoms with Crippen molar-refractivity contribution in [3.05, 3.63) is 35.9 Å². The minimum atomic E-state index is 0.380. The Morgan fingerprint density at radius 3 is 2.46 bits per heavy atom. The first kappa shape index (κ1) is 10.3. The number of hydrogen-bond donors (Lipinski definition) is 1. The summed E-state index contributed by atoms with van der Waals surface area (Å²) in [5, 5.41) is 0. The van der Waals surface area contributed by atoms with Crippen molar-refractivity contribution in [2.45, 2.75) is 38.6 Å². The largest absolute Gasteiger partial charge is 0.328 e. The topological polar surface area (TPSA) is 26.0 Å². The number of aryl methyl sites for hydroxylation is 1. The molecule has 1 heteroatoms. The zero-order valence-electron chi connectivity index (χ0n) is 8.37. The third kappa shape index (κ3) is 4.09. The highest BCUT2D eigenvalue weighted by molar-refractivity contribution is 5.14. The van der Waals surface area contributed by atoms with Crippen molar-refractivity contribution < 1.29 is 0 Å². The Kier molecular flexibility index (Phi) is 4.55. The molecule has 1 rings (SSSR count). The van der Waals surface area contributed by atoms with Gasteiger partial charge >= 0.3 is 0 Å². The monoisotopic (exact) mass is 177 g/mol. The van der Waals surface area contributed by atoms with Crippen LogP contribution in [0.15, 0.2) is 30.3 Å². The van der Waals surface area contributed by atoms with E-state index in [9.17, 15) is 0 Å². The smallest absolute Gasteiger partial charge is 0.00418 e. The highest BCUT2D eigenvalue weighted by Crippen LogP contribution is 2.06. The van der Waals surface area contributed by atoms with Gasteiger partial charge in [0.2, 0.25) is 0 Å². The molecule has 0 aliphatic rings. The van der Waals surface area contributed by atoms with Crippen molar-refractivity contribution >= 4 is 0 Å². The van der Waals surface area contributed by atoms with E-state index in [0.29, 0.717) is 6.04 Å². The molecule has 13 heavy (non-hydrogen) atoms. The molecule has 72 valence electrons. The zero-order chi connectivity index (χ0) is 9.52. The summed E-state index contributed by atoms with van der Waals surface area (Å²) in [7, 11) is 0. The molecule has 0 aliphatic carbocycles. The van der Waals surface area contributed by atoms with Crippen LogP contribution in [0.5, 0.6) is 0 Å². The Morgan fingerprint density at radius 1 is 1.15 bits per heavy atom. The van der Waals surface area contributed by atoms with E-state index >= 15 is 0 Å². The fraction of sp³-hybridized carbons (Fsp3) is 0.500. The summed E-state index contributed by atoms with van der Waals surface area (Å²) in [6.07, 6.45) is 4.56. The molecule has 2 N–H and O–H groups in total. The number of benzene rings is 1. The van der Waals surface area contributed by atoms with Crippen molar-refractivity contribution in [3.8, 4) is 0 Å². The predicted octanol–water partition coefficient (Wildman–Crippen LogP) is 2.75. The molecule has 1 atom stereocenters. The van der Waals surface area contributed by atoms with Crippen molar-refractivity contribution in [2.75, 3.05) is 0 Å². The van der Waals surface area contributed by atoms with Gasteiger partial charge in [0, 0.05) is 6.04 Å². The van der Waals surface area contributed by atoms with E-state index in [1.165, 1.54) is 12.0 Å². The van der Waals surface area contributed by atoms with Crippen LogP contribution in [0, 0.1) is 0 Å². The summed E-state index contributed by atoms with van der Waals surface area (Å²) in [4.78, 5) is 0. The van der Waals surface area contributed by atoms with Crippen LogP contribution in [-0.4, -0.2) is 6.04 Å². The van der Waals surface area contributed by atoms with Crippen molar-refractivity contribution in [1.82, 2.24) is 0 Å². The normalized spacial score (nSPS) is 12.8. The van der Waals surface area contributed by atoms with Gasteiger partial charge in [-0.3, -0.25) is 0 Å². The Hall–Kier alpha value is -0.820. The molecule has 0 bridgehead atoms. The van der Waals surface area contributed by atoms with Crippen molar-refractivity contribution in [2.24, 2.45) is 5.73 Å². The van der Waals surface area contributed by atoms with E-state index in [0.717, 1.165) is 19.3 Å². The summed E-state index contributed by atoms with van der Waals surface area (Å²) in [5.41, 5.74) is 7.33. The number of hydrogen-bond acceptors (Lipinski definition) is 1. The summed E-state index contributed by atoms with van der Waals surface area (Å²) >= 11 is 0. The van der Waals surface area contributed by atoms with Crippen LogP contribution in [-0.2, 0) is 6.42 Å². The molecule has 0 fully saturated rings. The third-order valence-corrected chi connectivity index (χ3v) is 2.31. The molecule has 0 saturated carbocycles. The average molecular weight is 177 g/mol. The lowest BCUT2D eigenvalue weighted by molar-refractivity contribution is 0.561. The quantitative estimate of drug-likeness (QED) is 0.735. The highest BCUT2D eigenvalue weighted by atomic mass is 14.6. The second kappa shape index (κ2) is 5.76. The van der Waals surface area contributed by atoms with E-state index in [-0.39, 0.29) is 0 Å². The van der Waals surface area contributed by atoms with Gasteiger partial charge in [0.05, 0.1) is 0 Å². The second-order valence-corrected chi connectivity index (χ2v) is 3.57. The molecule has 0 unspecified atom stereocenters. The molecular formula is C12H19N. The van der Waals surface area contributed by atoms with Crippen molar-refractivity contribution in [3.63, 3.8) is 0 Å². The standard InChI is InChI=1S/C12H19N/c1-2-6-12(13)10-9-11-7-4-3-5-8-11/h3-5,7-8,12H,2,6,9-10,13H2,1H3/t12-/m0/s1. The van der Waals surface area contributed by atoms with E-state index < -0.39 is 0 Å². The number of rotatable bonds is 5. The van der Waals surface area contributed by atoms with Crippen LogP contribution >= 0.6 is 0 Å². The van der Waals surface area contributed by atoms with Gasteiger partial charge in [-0.1, -0.05) is 43.7 Å². The molecular weight excluding hydrogens is 158 g/mol. The molecule has 0 amide bonds. The summed E-state index contributed by atoms with van der Waals surface area (Å²) in [5.74, 6) is 0.